The third-order valence-electron chi connectivity index (χ3n) is 5.56. The molecule has 0 bridgehead atoms. The van der Waals surface area contributed by atoms with Crippen LogP contribution in [0.15, 0.2) is 72.8 Å². The highest BCUT2D eigenvalue weighted by molar-refractivity contribution is 14.1. The van der Waals surface area contributed by atoms with Gasteiger partial charge in [-0.15, -0.1) is 0 Å². The van der Waals surface area contributed by atoms with Crippen LogP contribution in [0.5, 0.6) is 5.75 Å². The van der Waals surface area contributed by atoms with Gasteiger partial charge in [0.05, 0.1) is 18.1 Å². The molecule has 2 N–H and O–H groups in total. The topological polar surface area (TPSA) is 60.8 Å². The van der Waals surface area contributed by atoms with Gasteiger partial charge in [0.25, 0.3) is 0 Å². The molecule has 3 aromatic rings. The average Bonchev–Trinajstić information content (AvgIpc) is 2.74. The van der Waals surface area contributed by atoms with Crippen molar-refractivity contribution in [3.05, 3.63) is 93.3 Å². The Morgan fingerprint density at radius 3 is 2.23 bits per heavy atom. The number of aliphatic hydroxyl groups excluding tert-OH is 1. The molecule has 1 amide bonds. The van der Waals surface area contributed by atoms with Gasteiger partial charge in [-0.3, -0.25) is 4.79 Å². The van der Waals surface area contributed by atoms with E-state index < -0.39 is 6.10 Å². The number of aliphatic hydroxyl groups is 1. The highest BCUT2D eigenvalue weighted by Gasteiger charge is 2.48. The minimum atomic E-state index is -0.758. The Morgan fingerprint density at radius 2 is 1.60 bits per heavy atom. The molecule has 4 nitrogen and oxygen atoms in total. The summed E-state index contributed by atoms with van der Waals surface area (Å²) in [7, 11) is 0. The number of phenols is 1. The van der Waals surface area contributed by atoms with E-state index >= 15 is 0 Å². The number of carbonyl (C=O) groups excluding carboxylic acids is 1. The Balaban J connectivity index is 1.55. The zero-order valence-corrected chi connectivity index (χ0v) is 18.2. The van der Waals surface area contributed by atoms with Gasteiger partial charge in [0, 0.05) is 9.26 Å². The first kappa shape index (κ1) is 20.8. The first-order chi connectivity index (χ1) is 14.4. The summed E-state index contributed by atoms with van der Waals surface area (Å²) in [5.41, 5.74) is 2.40. The van der Waals surface area contributed by atoms with Crippen molar-refractivity contribution >= 4 is 34.2 Å². The van der Waals surface area contributed by atoms with Gasteiger partial charge in [-0.1, -0.05) is 24.3 Å². The number of hydrogen-bond donors (Lipinski definition) is 2. The molecule has 154 valence electrons. The average molecular weight is 517 g/mol. The predicted molar refractivity (Wildman–Crippen MR) is 122 cm³/mol. The van der Waals surface area contributed by atoms with Gasteiger partial charge in [0.15, 0.2) is 0 Å². The summed E-state index contributed by atoms with van der Waals surface area (Å²) in [5, 5.41) is 20.1. The van der Waals surface area contributed by atoms with E-state index in [2.05, 4.69) is 22.6 Å². The van der Waals surface area contributed by atoms with Crippen molar-refractivity contribution in [3.63, 3.8) is 0 Å². The zero-order valence-electron chi connectivity index (χ0n) is 16.1. The summed E-state index contributed by atoms with van der Waals surface area (Å²) in [4.78, 5) is 14.8. The van der Waals surface area contributed by atoms with E-state index in [1.807, 2.05) is 36.4 Å². The van der Waals surface area contributed by atoms with Crippen LogP contribution >= 0.6 is 22.6 Å². The molecule has 1 saturated heterocycles. The summed E-state index contributed by atoms with van der Waals surface area (Å²) < 4.78 is 14.2. The standard InChI is InChI=1S/C24H21FINO3/c25-17-5-1-15(2-6-17)22(29)14-13-21-23(16-3-11-20(28)12-4-16)27(24(21)30)19-9-7-18(26)8-10-19/h1-12,21-23,28-29H,13-14H2/t21?,22-,23?/m0/s1. The van der Waals surface area contributed by atoms with E-state index in [0.29, 0.717) is 18.4 Å². The van der Waals surface area contributed by atoms with Crippen LogP contribution in [0.2, 0.25) is 0 Å². The van der Waals surface area contributed by atoms with Crippen LogP contribution in [-0.4, -0.2) is 16.1 Å². The molecule has 4 rings (SSSR count). The molecule has 0 aliphatic carbocycles. The van der Waals surface area contributed by atoms with Crippen LogP contribution < -0.4 is 4.90 Å². The van der Waals surface area contributed by atoms with Crippen LogP contribution in [0.3, 0.4) is 0 Å². The summed E-state index contributed by atoms with van der Waals surface area (Å²) in [6.45, 7) is 0. The fourth-order valence-corrected chi connectivity index (χ4v) is 4.32. The molecule has 1 aliphatic rings. The molecule has 1 heterocycles. The summed E-state index contributed by atoms with van der Waals surface area (Å²) in [6, 6.07) is 20.3. The van der Waals surface area contributed by atoms with Crippen molar-refractivity contribution in [2.75, 3.05) is 4.90 Å². The number of hydrogen-bond acceptors (Lipinski definition) is 3. The van der Waals surface area contributed by atoms with E-state index in [1.54, 1.807) is 29.2 Å². The molecule has 0 saturated carbocycles. The van der Waals surface area contributed by atoms with Crippen molar-refractivity contribution < 1.29 is 19.4 Å². The Hall–Kier alpha value is -2.45. The van der Waals surface area contributed by atoms with Crippen molar-refractivity contribution in [3.8, 4) is 5.75 Å². The van der Waals surface area contributed by atoms with Gasteiger partial charge < -0.3 is 15.1 Å². The van der Waals surface area contributed by atoms with Gasteiger partial charge in [0.1, 0.15) is 11.6 Å². The van der Waals surface area contributed by atoms with Crippen molar-refractivity contribution in [1.82, 2.24) is 0 Å². The lowest BCUT2D eigenvalue weighted by atomic mass is 9.78. The van der Waals surface area contributed by atoms with Gasteiger partial charge >= 0.3 is 0 Å². The Labute approximate surface area is 188 Å². The molecular formula is C24H21FINO3. The summed E-state index contributed by atoms with van der Waals surface area (Å²) in [6.07, 6.45) is 0.146. The molecule has 1 aliphatic heterocycles. The predicted octanol–water partition coefficient (Wildman–Crippen LogP) is 5.35. The van der Waals surface area contributed by atoms with E-state index in [1.165, 1.54) is 12.1 Å². The fraction of sp³-hybridized carbons (Fsp3) is 0.208. The van der Waals surface area contributed by atoms with Crippen LogP contribution in [0.4, 0.5) is 10.1 Å². The number of anilines is 1. The number of carbonyl (C=O) groups is 1. The second kappa shape index (κ2) is 8.73. The second-order valence-electron chi connectivity index (χ2n) is 7.47. The van der Waals surface area contributed by atoms with Crippen molar-refractivity contribution in [1.29, 1.82) is 0 Å². The third-order valence-corrected chi connectivity index (χ3v) is 6.28. The minimum absolute atomic E-state index is 0.0144. The zero-order chi connectivity index (χ0) is 21.3. The number of rotatable bonds is 6. The van der Waals surface area contributed by atoms with Crippen LogP contribution in [0.25, 0.3) is 0 Å². The number of β-lactam (4-membered cyclic amide) rings is 1. The maximum absolute atomic E-state index is 13.1. The van der Waals surface area contributed by atoms with Crippen LogP contribution in [0, 0.1) is 15.3 Å². The fourth-order valence-electron chi connectivity index (χ4n) is 3.96. The number of nitrogens with zero attached hydrogens (tertiary/aromatic N) is 1. The second-order valence-corrected chi connectivity index (χ2v) is 8.72. The highest BCUT2D eigenvalue weighted by atomic mass is 127. The SMILES string of the molecule is O=C1C(CC[C@H](O)c2ccc(F)cc2)C(c2ccc(O)cc2)N1c1ccc(I)cc1. The molecular weight excluding hydrogens is 496 g/mol. The Kier molecular flexibility index (Phi) is 6.06. The molecule has 1 fully saturated rings. The first-order valence-corrected chi connectivity index (χ1v) is 10.8. The quantitative estimate of drug-likeness (QED) is 0.342. The molecule has 3 atom stereocenters. The molecule has 0 aromatic heterocycles. The normalized spacial score (nSPS) is 19.4. The largest absolute Gasteiger partial charge is 0.508 e. The lowest BCUT2D eigenvalue weighted by molar-refractivity contribution is -0.131. The Bertz CT molecular complexity index is 1020. The molecule has 0 spiro atoms. The number of aromatic hydroxyl groups is 1. The maximum atomic E-state index is 13.1. The van der Waals surface area contributed by atoms with Gasteiger partial charge in [0.2, 0.25) is 5.91 Å². The number of phenolic OH excluding ortho intramolecular Hbond substituents is 1. The summed E-state index contributed by atoms with van der Waals surface area (Å²) in [5.74, 6) is -0.432. The monoisotopic (exact) mass is 517 g/mol. The Morgan fingerprint density at radius 1 is 0.967 bits per heavy atom. The van der Waals surface area contributed by atoms with Crippen molar-refractivity contribution in [2.24, 2.45) is 5.92 Å². The van der Waals surface area contributed by atoms with E-state index in [9.17, 15) is 19.4 Å². The van der Waals surface area contributed by atoms with Gasteiger partial charge in [-0.2, -0.15) is 0 Å². The summed E-state index contributed by atoms with van der Waals surface area (Å²) >= 11 is 2.23. The lowest BCUT2D eigenvalue weighted by Crippen LogP contribution is -2.55. The van der Waals surface area contributed by atoms with Crippen LogP contribution in [-0.2, 0) is 4.79 Å². The number of amides is 1. The van der Waals surface area contributed by atoms with E-state index in [4.69, 9.17) is 0 Å². The number of halogens is 2. The minimum Gasteiger partial charge on any atom is -0.508 e. The maximum Gasteiger partial charge on any atom is 0.233 e. The van der Waals surface area contributed by atoms with Gasteiger partial charge in [-0.25, -0.2) is 4.39 Å². The highest BCUT2D eigenvalue weighted by Crippen LogP contribution is 2.46. The lowest BCUT2D eigenvalue weighted by Gasteiger charge is -2.48. The molecule has 30 heavy (non-hydrogen) atoms. The number of benzene rings is 3. The van der Waals surface area contributed by atoms with E-state index in [0.717, 1.165) is 14.8 Å². The van der Waals surface area contributed by atoms with E-state index in [-0.39, 0.29) is 29.4 Å². The molecule has 0 radical (unpaired) electrons. The molecule has 2 unspecified atom stereocenters. The van der Waals surface area contributed by atoms with Crippen LogP contribution in [0.1, 0.15) is 36.1 Å². The third kappa shape index (κ3) is 4.20. The van der Waals surface area contributed by atoms with Gasteiger partial charge in [-0.05, 0) is 95.1 Å². The molecule has 3 aromatic carbocycles. The molecule has 6 heteroatoms. The smallest absolute Gasteiger partial charge is 0.233 e. The first-order valence-electron chi connectivity index (χ1n) is 9.75. The van der Waals surface area contributed by atoms with Crippen molar-refractivity contribution in [2.45, 2.75) is 25.0 Å².